The van der Waals surface area contributed by atoms with Gasteiger partial charge in [-0.05, 0) is 29.6 Å². The lowest BCUT2D eigenvalue weighted by Crippen LogP contribution is -2.22. The number of carbonyl (C=O) groups is 1. The van der Waals surface area contributed by atoms with Crippen LogP contribution in [0.3, 0.4) is 0 Å². The van der Waals surface area contributed by atoms with Crippen molar-refractivity contribution in [2.24, 2.45) is 0 Å². The molecule has 0 unspecified atom stereocenters. The van der Waals surface area contributed by atoms with Crippen LogP contribution in [0.25, 0.3) is 0 Å². The van der Waals surface area contributed by atoms with Crippen LogP contribution in [-0.2, 0) is 6.54 Å². The first-order chi connectivity index (χ1) is 9.11. The molecule has 1 aromatic carbocycles. The fraction of sp³-hybridized carbons (Fsp3) is 0.154. The molecule has 0 aliphatic heterocycles. The summed E-state index contributed by atoms with van der Waals surface area (Å²) >= 11 is 7.21. The minimum absolute atomic E-state index is 0.204. The minimum atomic E-state index is -0.204. The van der Waals surface area contributed by atoms with Crippen molar-refractivity contribution in [3.8, 4) is 5.75 Å². The molecule has 0 saturated heterocycles. The lowest BCUT2D eigenvalue weighted by molar-refractivity contribution is 0.0955. The second-order valence-corrected chi connectivity index (χ2v) is 5.17. The summed E-state index contributed by atoms with van der Waals surface area (Å²) in [6, 6.07) is 6.99. The van der Waals surface area contributed by atoms with Gasteiger partial charge in [-0.15, -0.1) is 11.3 Å². The van der Waals surface area contributed by atoms with Gasteiger partial charge in [0.2, 0.25) is 0 Å². The minimum Gasteiger partial charge on any atom is -0.496 e. The molecular weight excluding hydrogens is 284 g/mol. The van der Waals surface area contributed by atoms with Gasteiger partial charge in [-0.2, -0.15) is 0 Å². The molecule has 0 atom stereocenters. The molecule has 4 nitrogen and oxygen atoms in total. The molecule has 2 rings (SSSR count). The molecule has 0 radical (unpaired) electrons. The number of carbonyl (C=O) groups excluding carboxylic acids is 1. The molecule has 1 heterocycles. The summed E-state index contributed by atoms with van der Waals surface area (Å²) < 4.78 is 5.22. The van der Waals surface area contributed by atoms with Crippen LogP contribution in [0.2, 0.25) is 5.02 Å². The Balaban J connectivity index is 2.09. The molecule has 1 aromatic heterocycles. The Labute approximate surface area is 120 Å². The van der Waals surface area contributed by atoms with Gasteiger partial charge in [-0.1, -0.05) is 11.6 Å². The van der Waals surface area contributed by atoms with Crippen LogP contribution in [0, 0.1) is 0 Å². The van der Waals surface area contributed by atoms with Gasteiger partial charge in [-0.3, -0.25) is 4.79 Å². The molecule has 0 aliphatic carbocycles. The lowest BCUT2D eigenvalue weighted by atomic mass is 10.1. The van der Waals surface area contributed by atoms with Crippen molar-refractivity contribution >= 4 is 34.5 Å². The first-order valence-electron chi connectivity index (χ1n) is 5.55. The van der Waals surface area contributed by atoms with Gasteiger partial charge in [0.05, 0.1) is 12.1 Å². The first-order valence-corrected chi connectivity index (χ1v) is 6.81. The number of rotatable bonds is 4. The van der Waals surface area contributed by atoms with E-state index >= 15 is 0 Å². The number of nitrogens with one attached hydrogen (secondary N) is 1. The van der Waals surface area contributed by atoms with Crippen LogP contribution < -0.4 is 15.8 Å². The number of ether oxygens (including phenoxy) is 1. The summed E-state index contributed by atoms with van der Waals surface area (Å²) in [5, 5.41) is 5.03. The maximum atomic E-state index is 11.9. The standard InChI is InChI=1S/C13H13ClN2O2S/c1-18-11-3-2-9(15)6-8(11)7-16-13(17)12-10(14)4-5-19-12/h2-6H,7,15H2,1H3,(H,16,17). The number of benzene rings is 1. The number of amides is 1. The van der Waals surface area contributed by atoms with E-state index in [9.17, 15) is 4.79 Å². The third-order valence-corrected chi connectivity index (χ3v) is 3.91. The fourth-order valence-electron chi connectivity index (χ4n) is 1.65. The van der Waals surface area contributed by atoms with Crippen molar-refractivity contribution < 1.29 is 9.53 Å². The molecule has 6 heteroatoms. The lowest BCUT2D eigenvalue weighted by Gasteiger charge is -2.10. The van der Waals surface area contributed by atoms with Crippen molar-refractivity contribution in [3.63, 3.8) is 0 Å². The van der Waals surface area contributed by atoms with Crippen molar-refractivity contribution in [1.29, 1.82) is 0 Å². The highest BCUT2D eigenvalue weighted by Gasteiger charge is 2.12. The normalized spacial score (nSPS) is 10.2. The molecule has 0 bridgehead atoms. The number of nitrogen functional groups attached to an aromatic ring is 1. The Morgan fingerprint density at radius 2 is 2.26 bits per heavy atom. The number of hydrogen-bond donors (Lipinski definition) is 2. The zero-order chi connectivity index (χ0) is 13.8. The molecule has 0 fully saturated rings. The summed E-state index contributed by atoms with van der Waals surface area (Å²) in [4.78, 5) is 12.4. The van der Waals surface area contributed by atoms with Gasteiger partial charge in [0.1, 0.15) is 10.6 Å². The van der Waals surface area contributed by atoms with Crippen LogP contribution in [0.1, 0.15) is 15.2 Å². The van der Waals surface area contributed by atoms with E-state index in [4.69, 9.17) is 22.1 Å². The number of hydrogen-bond acceptors (Lipinski definition) is 4. The van der Waals surface area contributed by atoms with Crippen molar-refractivity contribution in [1.82, 2.24) is 5.32 Å². The first kappa shape index (κ1) is 13.7. The van der Waals surface area contributed by atoms with E-state index < -0.39 is 0 Å². The summed E-state index contributed by atoms with van der Waals surface area (Å²) in [7, 11) is 1.58. The van der Waals surface area contributed by atoms with E-state index in [1.807, 2.05) is 0 Å². The Kier molecular flexibility index (Phi) is 4.29. The van der Waals surface area contributed by atoms with Gasteiger partial charge < -0.3 is 15.8 Å². The Morgan fingerprint density at radius 1 is 1.47 bits per heavy atom. The molecule has 0 saturated carbocycles. The molecule has 2 aromatic rings. The molecule has 19 heavy (non-hydrogen) atoms. The molecule has 0 aliphatic rings. The van der Waals surface area contributed by atoms with Gasteiger partial charge in [0.25, 0.3) is 5.91 Å². The van der Waals surface area contributed by atoms with Crippen LogP contribution in [-0.4, -0.2) is 13.0 Å². The number of thiophene rings is 1. The fourth-order valence-corrected chi connectivity index (χ4v) is 2.71. The van der Waals surface area contributed by atoms with E-state index in [1.165, 1.54) is 11.3 Å². The summed E-state index contributed by atoms with van der Waals surface area (Å²) in [5.41, 5.74) is 7.17. The topological polar surface area (TPSA) is 64.3 Å². The van der Waals surface area contributed by atoms with E-state index in [0.717, 1.165) is 5.56 Å². The Hall–Kier alpha value is -1.72. The zero-order valence-corrected chi connectivity index (χ0v) is 11.8. The number of anilines is 1. The quantitative estimate of drug-likeness (QED) is 0.853. The van der Waals surface area contributed by atoms with E-state index in [-0.39, 0.29) is 5.91 Å². The SMILES string of the molecule is COc1ccc(N)cc1CNC(=O)c1sccc1Cl. The highest BCUT2D eigenvalue weighted by Crippen LogP contribution is 2.23. The van der Waals surface area contributed by atoms with Gasteiger partial charge in [0.15, 0.2) is 0 Å². The van der Waals surface area contributed by atoms with E-state index in [1.54, 1.807) is 36.8 Å². The monoisotopic (exact) mass is 296 g/mol. The number of halogens is 1. The third kappa shape index (κ3) is 3.19. The molecule has 0 spiro atoms. The molecule has 3 N–H and O–H groups in total. The highest BCUT2D eigenvalue weighted by molar-refractivity contribution is 7.12. The highest BCUT2D eigenvalue weighted by atomic mass is 35.5. The predicted molar refractivity (Wildman–Crippen MR) is 77.9 cm³/mol. The van der Waals surface area contributed by atoms with Gasteiger partial charge in [0, 0.05) is 17.8 Å². The Morgan fingerprint density at radius 3 is 2.89 bits per heavy atom. The summed E-state index contributed by atoms with van der Waals surface area (Å²) in [6.07, 6.45) is 0. The second-order valence-electron chi connectivity index (χ2n) is 3.85. The summed E-state index contributed by atoms with van der Waals surface area (Å²) in [5.74, 6) is 0.483. The van der Waals surface area contributed by atoms with Crippen LogP contribution in [0.4, 0.5) is 5.69 Å². The second kappa shape index (κ2) is 5.95. The van der Waals surface area contributed by atoms with E-state index in [0.29, 0.717) is 27.9 Å². The van der Waals surface area contributed by atoms with Crippen LogP contribution in [0.5, 0.6) is 5.75 Å². The number of nitrogens with two attached hydrogens (primary N) is 1. The van der Waals surface area contributed by atoms with E-state index in [2.05, 4.69) is 5.32 Å². The Bertz CT molecular complexity index is 598. The van der Waals surface area contributed by atoms with Gasteiger partial charge >= 0.3 is 0 Å². The van der Waals surface area contributed by atoms with Crippen molar-refractivity contribution in [2.75, 3.05) is 12.8 Å². The maximum Gasteiger partial charge on any atom is 0.263 e. The van der Waals surface area contributed by atoms with Crippen molar-refractivity contribution in [3.05, 3.63) is 45.1 Å². The average molecular weight is 297 g/mol. The number of methoxy groups -OCH3 is 1. The van der Waals surface area contributed by atoms with Crippen LogP contribution in [0.15, 0.2) is 29.6 Å². The predicted octanol–water partition coefficient (Wildman–Crippen LogP) is 2.92. The maximum absolute atomic E-state index is 11.9. The molecule has 100 valence electrons. The summed E-state index contributed by atoms with van der Waals surface area (Å²) in [6.45, 7) is 0.335. The third-order valence-electron chi connectivity index (χ3n) is 2.57. The van der Waals surface area contributed by atoms with Crippen LogP contribution >= 0.6 is 22.9 Å². The average Bonchev–Trinajstić information content (AvgIpc) is 2.82. The zero-order valence-electron chi connectivity index (χ0n) is 10.3. The van der Waals surface area contributed by atoms with Gasteiger partial charge in [-0.25, -0.2) is 0 Å². The largest absolute Gasteiger partial charge is 0.496 e. The molecule has 1 amide bonds. The molecular formula is C13H13ClN2O2S. The van der Waals surface area contributed by atoms with Crippen molar-refractivity contribution in [2.45, 2.75) is 6.54 Å². The smallest absolute Gasteiger partial charge is 0.263 e.